The third kappa shape index (κ3) is 2.93. The molecular formula is C15H21NO4S. The van der Waals surface area contributed by atoms with Crippen molar-refractivity contribution in [3.05, 3.63) is 24.3 Å². The molecule has 3 rings (SSSR count). The lowest BCUT2D eigenvalue weighted by molar-refractivity contribution is 0.233. The van der Waals surface area contributed by atoms with Crippen LogP contribution in [-0.2, 0) is 10.0 Å². The first-order valence-corrected chi connectivity index (χ1v) is 8.91. The van der Waals surface area contributed by atoms with Crippen LogP contribution in [0.15, 0.2) is 29.2 Å². The van der Waals surface area contributed by atoms with Crippen molar-refractivity contribution in [2.45, 2.75) is 36.6 Å². The zero-order chi connectivity index (χ0) is 14.9. The van der Waals surface area contributed by atoms with E-state index in [0.717, 1.165) is 19.3 Å². The van der Waals surface area contributed by atoms with E-state index in [1.54, 1.807) is 28.6 Å². The minimum absolute atomic E-state index is 0.0873. The highest BCUT2D eigenvalue weighted by molar-refractivity contribution is 7.89. The minimum Gasteiger partial charge on any atom is -0.494 e. The summed E-state index contributed by atoms with van der Waals surface area (Å²) >= 11 is 0. The summed E-state index contributed by atoms with van der Waals surface area (Å²) in [5.41, 5.74) is 0. The highest BCUT2D eigenvalue weighted by Crippen LogP contribution is 2.40. The maximum Gasteiger partial charge on any atom is 0.243 e. The lowest BCUT2D eigenvalue weighted by Gasteiger charge is -2.26. The Kier molecular flexibility index (Phi) is 4.19. The summed E-state index contributed by atoms with van der Waals surface area (Å²) in [5, 5.41) is 8.70. The number of rotatable bonds is 6. The molecule has 2 fully saturated rings. The van der Waals surface area contributed by atoms with E-state index in [2.05, 4.69) is 0 Å². The van der Waals surface area contributed by atoms with Crippen molar-refractivity contribution in [1.29, 1.82) is 0 Å². The van der Waals surface area contributed by atoms with Gasteiger partial charge in [0.05, 0.1) is 11.5 Å². The highest BCUT2D eigenvalue weighted by atomic mass is 32.2. The number of benzene rings is 1. The summed E-state index contributed by atoms with van der Waals surface area (Å²) in [4.78, 5) is 0.338. The van der Waals surface area contributed by atoms with Crippen LogP contribution in [0.2, 0.25) is 0 Å². The van der Waals surface area contributed by atoms with Gasteiger partial charge in [-0.25, -0.2) is 8.42 Å². The van der Waals surface area contributed by atoms with Crippen molar-refractivity contribution >= 4 is 10.0 Å². The van der Waals surface area contributed by atoms with E-state index in [1.807, 2.05) is 0 Å². The van der Waals surface area contributed by atoms with Crippen molar-refractivity contribution in [1.82, 2.24) is 4.31 Å². The van der Waals surface area contributed by atoms with Crippen LogP contribution in [-0.4, -0.2) is 43.6 Å². The number of piperidine rings is 1. The predicted molar refractivity (Wildman–Crippen MR) is 78.7 cm³/mol. The summed E-state index contributed by atoms with van der Waals surface area (Å²) in [6.07, 6.45) is 3.74. The third-order valence-electron chi connectivity index (χ3n) is 4.36. The van der Waals surface area contributed by atoms with Crippen LogP contribution in [0.4, 0.5) is 0 Å². The molecule has 21 heavy (non-hydrogen) atoms. The van der Waals surface area contributed by atoms with Crippen molar-refractivity contribution in [3.8, 4) is 5.75 Å². The smallest absolute Gasteiger partial charge is 0.243 e. The Balaban J connectivity index is 1.71. The summed E-state index contributed by atoms with van der Waals surface area (Å²) in [6, 6.07) is 6.77. The molecule has 1 saturated heterocycles. The summed E-state index contributed by atoms with van der Waals surface area (Å²) in [6.45, 7) is 1.18. The molecular weight excluding hydrogens is 290 g/mol. The maximum absolute atomic E-state index is 12.6. The topological polar surface area (TPSA) is 66.8 Å². The fourth-order valence-corrected chi connectivity index (χ4v) is 5.01. The number of sulfonamides is 1. The van der Waals surface area contributed by atoms with E-state index in [9.17, 15) is 8.42 Å². The standard InChI is InChI=1S/C15H21NO4S/c17-8-1-9-20-14-4-6-15(7-5-14)21(18,19)16-11-12-2-3-13(16)10-12/h4-7,12-13,17H,1-3,8-11H2. The summed E-state index contributed by atoms with van der Waals surface area (Å²) < 4.78 is 32.4. The second-order valence-corrected chi connectivity index (χ2v) is 7.70. The van der Waals surface area contributed by atoms with Crippen LogP contribution < -0.4 is 4.74 Å². The van der Waals surface area contributed by atoms with Gasteiger partial charge in [0.2, 0.25) is 10.0 Å². The number of aliphatic hydroxyl groups is 1. The Morgan fingerprint density at radius 2 is 2.00 bits per heavy atom. The van der Waals surface area contributed by atoms with Crippen LogP contribution in [0.3, 0.4) is 0 Å². The molecule has 2 atom stereocenters. The normalized spacial score (nSPS) is 25.4. The molecule has 2 unspecified atom stereocenters. The Morgan fingerprint density at radius 3 is 2.57 bits per heavy atom. The van der Waals surface area contributed by atoms with E-state index in [-0.39, 0.29) is 12.6 Å². The minimum atomic E-state index is -3.37. The van der Waals surface area contributed by atoms with Gasteiger partial charge < -0.3 is 9.84 Å². The quantitative estimate of drug-likeness (QED) is 0.811. The number of aliphatic hydroxyl groups excluding tert-OH is 1. The lowest BCUT2D eigenvalue weighted by atomic mass is 10.1. The van der Waals surface area contributed by atoms with Gasteiger partial charge in [-0.15, -0.1) is 0 Å². The molecule has 116 valence electrons. The Bertz CT molecular complexity index is 584. The molecule has 0 amide bonds. The molecule has 2 bridgehead atoms. The molecule has 1 aromatic carbocycles. The monoisotopic (exact) mass is 311 g/mol. The molecule has 5 nitrogen and oxygen atoms in total. The molecule has 1 aliphatic heterocycles. The molecule has 2 aliphatic rings. The molecule has 1 aliphatic carbocycles. The molecule has 6 heteroatoms. The van der Waals surface area contributed by atoms with Gasteiger partial charge in [0.1, 0.15) is 5.75 Å². The van der Waals surface area contributed by atoms with E-state index < -0.39 is 10.0 Å². The van der Waals surface area contributed by atoms with Gasteiger partial charge in [0.15, 0.2) is 0 Å². The summed E-state index contributed by atoms with van der Waals surface area (Å²) in [5.74, 6) is 1.18. The number of nitrogens with zero attached hydrogens (tertiary/aromatic N) is 1. The van der Waals surface area contributed by atoms with Gasteiger partial charge in [0.25, 0.3) is 0 Å². The fourth-order valence-electron chi connectivity index (χ4n) is 3.27. The zero-order valence-electron chi connectivity index (χ0n) is 11.9. The summed E-state index contributed by atoms with van der Waals surface area (Å²) in [7, 11) is -3.37. The maximum atomic E-state index is 12.6. The molecule has 1 aromatic rings. The van der Waals surface area contributed by atoms with Crippen molar-refractivity contribution in [2.24, 2.45) is 5.92 Å². The van der Waals surface area contributed by atoms with Gasteiger partial charge >= 0.3 is 0 Å². The number of ether oxygens (including phenoxy) is 1. The average molecular weight is 311 g/mol. The number of hydrogen-bond donors (Lipinski definition) is 1. The Morgan fingerprint density at radius 1 is 1.24 bits per heavy atom. The van der Waals surface area contributed by atoms with E-state index in [0.29, 0.717) is 36.1 Å². The molecule has 0 aromatic heterocycles. The van der Waals surface area contributed by atoms with Crippen molar-refractivity contribution in [2.75, 3.05) is 19.8 Å². The largest absolute Gasteiger partial charge is 0.494 e. The Labute approximate surface area is 125 Å². The first kappa shape index (κ1) is 14.8. The SMILES string of the molecule is O=S(=O)(c1ccc(OCCCO)cc1)N1CC2CCC1C2. The van der Waals surface area contributed by atoms with Gasteiger partial charge in [-0.3, -0.25) is 0 Å². The molecule has 1 saturated carbocycles. The third-order valence-corrected chi connectivity index (χ3v) is 6.29. The first-order valence-electron chi connectivity index (χ1n) is 7.47. The van der Waals surface area contributed by atoms with Gasteiger partial charge in [-0.05, 0) is 49.4 Å². The zero-order valence-corrected chi connectivity index (χ0v) is 12.8. The first-order chi connectivity index (χ1) is 10.1. The fraction of sp³-hybridized carbons (Fsp3) is 0.600. The van der Waals surface area contributed by atoms with Crippen LogP contribution in [0.1, 0.15) is 25.7 Å². The molecule has 1 N–H and O–H groups in total. The average Bonchev–Trinajstić information content (AvgIpc) is 3.11. The van der Waals surface area contributed by atoms with Gasteiger partial charge in [0, 0.05) is 25.6 Å². The van der Waals surface area contributed by atoms with Crippen LogP contribution in [0.25, 0.3) is 0 Å². The Hall–Kier alpha value is -1.11. The second-order valence-electron chi connectivity index (χ2n) is 5.80. The van der Waals surface area contributed by atoms with Gasteiger partial charge in [-0.1, -0.05) is 0 Å². The number of fused-ring (bicyclic) bond motifs is 2. The predicted octanol–water partition coefficient (Wildman–Crippen LogP) is 1.62. The molecule has 0 radical (unpaired) electrons. The van der Waals surface area contributed by atoms with E-state index in [1.165, 1.54) is 0 Å². The van der Waals surface area contributed by atoms with E-state index in [4.69, 9.17) is 9.84 Å². The molecule has 0 spiro atoms. The van der Waals surface area contributed by atoms with E-state index >= 15 is 0 Å². The van der Waals surface area contributed by atoms with Crippen molar-refractivity contribution in [3.63, 3.8) is 0 Å². The van der Waals surface area contributed by atoms with Crippen LogP contribution >= 0.6 is 0 Å². The number of hydrogen-bond acceptors (Lipinski definition) is 4. The molecule has 1 heterocycles. The van der Waals surface area contributed by atoms with Crippen molar-refractivity contribution < 1.29 is 18.3 Å². The lowest BCUT2D eigenvalue weighted by Crippen LogP contribution is -2.37. The van der Waals surface area contributed by atoms with Crippen LogP contribution in [0.5, 0.6) is 5.75 Å². The highest BCUT2D eigenvalue weighted by Gasteiger charge is 2.44. The second kappa shape index (κ2) is 5.94. The van der Waals surface area contributed by atoms with Crippen LogP contribution in [0, 0.1) is 5.92 Å². The van der Waals surface area contributed by atoms with Gasteiger partial charge in [-0.2, -0.15) is 4.31 Å².